The van der Waals surface area contributed by atoms with Crippen molar-refractivity contribution in [2.45, 2.75) is 180 Å². The molecule has 9 nitrogen and oxygen atoms in total. The van der Waals surface area contributed by atoms with Crippen molar-refractivity contribution < 1.29 is 42.9 Å². The summed E-state index contributed by atoms with van der Waals surface area (Å²) in [5.41, 5.74) is 0. The number of carboxylic acid groups (broad SMARTS) is 1. The quantitative estimate of drug-likeness (QED) is 0.0195. The fraction of sp³-hybridized carbons (Fsp3) is 0.603. The SMILES string of the molecule is CC/C=C\C/C=C\C/C=C\C/C=C\C/C=C\C/C=C\CCCCCCC(=O)OC(COC(=O)CCCCCCCC/C=C\C/C=C\C/C=C\C/C=C\CC)COC(OCC[N+](C)(C)C)C(=O)[O-]. The van der Waals surface area contributed by atoms with Crippen LogP contribution in [-0.4, -0.2) is 82.3 Å². The highest BCUT2D eigenvalue weighted by molar-refractivity contribution is 5.70. The van der Waals surface area contributed by atoms with Gasteiger partial charge in [0.25, 0.3) is 0 Å². The van der Waals surface area contributed by atoms with E-state index in [0.29, 0.717) is 23.9 Å². The molecule has 0 saturated heterocycles. The molecular formula is C58H93NO8. The Morgan fingerprint density at radius 2 is 0.806 bits per heavy atom. The number of ether oxygens (including phenoxy) is 4. The molecule has 0 aliphatic heterocycles. The van der Waals surface area contributed by atoms with Crippen LogP contribution in [0, 0.1) is 0 Å². The zero-order valence-electron chi connectivity index (χ0n) is 42.7. The van der Waals surface area contributed by atoms with Crippen molar-refractivity contribution in [3.8, 4) is 0 Å². The smallest absolute Gasteiger partial charge is 0.306 e. The third-order valence-electron chi connectivity index (χ3n) is 10.2. The van der Waals surface area contributed by atoms with E-state index in [4.69, 9.17) is 18.9 Å². The van der Waals surface area contributed by atoms with Gasteiger partial charge >= 0.3 is 11.9 Å². The Bertz CT molecular complexity index is 1510. The fourth-order valence-corrected chi connectivity index (χ4v) is 6.29. The van der Waals surface area contributed by atoms with Gasteiger partial charge in [-0.15, -0.1) is 0 Å². The van der Waals surface area contributed by atoms with Crippen LogP contribution in [0.4, 0.5) is 0 Å². The second kappa shape index (κ2) is 48.2. The summed E-state index contributed by atoms with van der Waals surface area (Å²) in [5, 5.41) is 11.7. The van der Waals surface area contributed by atoms with Gasteiger partial charge in [0.15, 0.2) is 12.4 Å². The van der Waals surface area contributed by atoms with Crippen LogP contribution in [0.5, 0.6) is 0 Å². The molecule has 0 N–H and O–H groups in total. The maximum absolute atomic E-state index is 12.8. The Hall–Kier alpha value is -4.31. The Morgan fingerprint density at radius 3 is 1.19 bits per heavy atom. The van der Waals surface area contributed by atoms with E-state index in [1.807, 2.05) is 21.1 Å². The number of carboxylic acids is 1. The van der Waals surface area contributed by atoms with Gasteiger partial charge in [-0.1, -0.05) is 174 Å². The molecule has 0 aliphatic rings. The number of likely N-dealkylation sites (N-methyl/N-ethyl adjacent to an activating group) is 1. The third-order valence-corrected chi connectivity index (χ3v) is 10.2. The molecule has 378 valence electrons. The average molecular weight is 932 g/mol. The maximum Gasteiger partial charge on any atom is 0.306 e. The van der Waals surface area contributed by atoms with Gasteiger partial charge in [0.05, 0.1) is 40.3 Å². The van der Waals surface area contributed by atoms with Gasteiger partial charge in [-0.2, -0.15) is 0 Å². The van der Waals surface area contributed by atoms with Gasteiger partial charge in [0.1, 0.15) is 13.2 Å². The lowest BCUT2D eigenvalue weighted by atomic mass is 10.1. The number of hydrogen-bond donors (Lipinski definition) is 0. The molecule has 0 aliphatic carbocycles. The highest BCUT2D eigenvalue weighted by Gasteiger charge is 2.21. The van der Waals surface area contributed by atoms with Crippen LogP contribution in [0.15, 0.2) is 122 Å². The highest BCUT2D eigenvalue weighted by atomic mass is 16.7. The molecular weight excluding hydrogens is 839 g/mol. The Labute approximate surface area is 408 Å². The largest absolute Gasteiger partial charge is 0.545 e. The first-order valence-electron chi connectivity index (χ1n) is 25.7. The molecule has 0 saturated carbocycles. The molecule has 0 bridgehead atoms. The predicted octanol–water partition coefficient (Wildman–Crippen LogP) is 13.2. The predicted molar refractivity (Wildman–Crippen MR) is 278 cm³/mol. The van der Waals surface area contributed by atoms with Crippen LogP contribution in [0.3, 0.4) is 0 Å². The van der Waals surface area contributed by atoms with Crippen LogP contribution >= 0.6 is 0 Å². The van der Waals surface area contributed by atoms with Crippen molar-refractivity contribution >= 4 is 17.9 Å². The Kier molecular flexibility index (Phi) is 45.1. The number of rotatable bonds is 45. The normalized spacial score (nSPS) is 13.9. The van der Waals surface area contributed by atoms with Crippen LogP contribution < -0.4 is 5.11 Å². The first-order chi connectivity index (χ1) is 32.6. The molecule has 0 aromatic heterocycles. The number of esters is 2. The van der Waals surface area contributed by atoms with E-state index >= 15 is 0 Å². The summed E-state index contributed by atoms with van der Waals surface area (Å²) in [5.74, 6) is -2.36. The average Bonchev–Trinajstić information content (AvgIpc) is 3.29. The summed E-state index contributed by atoms with van der Waals surface area (Å²) in [6.07, 6.45) is 63.7. The Morgan fingerprint density at radius 1 is 0.448 bits per heavy atom. The number of carbonyl (C=O) groups excluding carboxylic acids is 3. The number of hydrogen-bond acceptors (Lipinski definition) is 8. The van der Waals surface area contributed by atoms with Crippen molar-refractivity contribution in [2.24, 2.45) is 0 Å². The fourth-order valence-electron chi connectivity index (χ4n) is 6.29. The van der Waals surface area contributed by atoms with Gasteiger partial charge in [0.2, 0.25) is 0 Å². The van der Waals surface area contributed by atoms with Gasteiger partial charge in [0, 0.05) is 12.8 Å². The lowest BCUT2D eigenvalue weighted by molar-refractivity contribution is -0.870. The standard InChI is InChI=1S/C58H93NO8/c1-6-8-10-12-14-16-18-20-22-24-26-27-28-29-31-33-35-37-39-41-43-45-47-49-56(61)67-54(53-66-58(57(62)63)64-51-50-59(3,4)5)52-65-55(60)48-46-44-42-40-38-36-34-32-30-25-23-21-19-17-15-13-11-9-7-2/h8-11,14-17,20-23,26-27,29-32,35,37,54,58H,6-7,12-13,18-19,24-25,28,33-34,36,38-53H2,1-5H3/b10-8-,11-9-,16-14-,17-15-,22-20-,23-21-,27-26-,31-29-,32-30-,37-35-. The zero-order chi connectivity index (χ0) is 49.2. The Balaban J connectivity index is 4.46. The summed E-state index contributed by atoms with van der Waals surface area (Å²) in [4.78, 5) is 37.2. The van der Waals surface area contributed by atoms with E-state index in [1.54, 1.807) is 0 Å². The lowest BCUT2D eigenvalue weighted by Gasteiger charge is -2.26. The van der Waals surface area contributed by atoms with E-state index in [-0.39, 0.29) is 38.6 Å². The highest BCUT2D eigenvalue weighted by Crippen LogP contribution is 2.12. The maximum atomic E-state index is 12.8. The third kappa shape index (κ3) is 49.4. The van der Waals surface area contributed by atoms with Gasteiger partial charge < -0.3 is 33.3 Å². The summed E-state index contributed by atoms with van der Waals surface area (Å²) in [6.45, 7) is 4.44. The molecule has 2 unspecified atom stereocenters. The minimum absolute atomic E-state index is 0.132. The van der Waals surface area contributed by atoms with Crippen LogP contribution in [0.2, 0.25) is 0 Å². The van der Waals surface area contributed by atoms with Crippen molar-refractivity contribution in [2.75, 3.05) is 47.5 Å². The molecule has 2 atom stereocenters. The van der Waals surface area contributed by atoms with Crippen molar-refractivity contribution in [1.29, 1.82) is 0 Å². The number of carbonyl (C=O) groups is 3. The second-order valence-corrected chi connectivity index (χ2v) is 17.7. The van der Waals surface area contributed by atoms with Gasteiger partial charge in [-0.05, 0) is 103 Å². The van der Waals surface area contributed by atoms with Crippen LogP contribution in [-0.2, 0) is 33.3 Å². The van der Waals surface area contributed by atoms with E-state index in [1.165, 1.54) is 0 Å². The molecule has 0 aromatic carbocycles. The topological polar surface area (TPSA) is 111 Å². The zero-order valence-corrected chi connectivity index (χ0v) is 42.7. The second-order valence-electron chi connectivity index (χ2n) is 17.7. The summed E-state index contributed by atoms with van der Waals surface area (Å²) >= 11 is 0. The molecule has 0 rings (SSSR count). The first-order valence-corrected chi connectivity index (χ1v) is 25.7. The number of aliphatic carboxylic acids is 1. The number of allylic oxidation sites excluding steroid dienone is 20. The van der Waals surface area contributed by atoms with E-state index in [0.717, 1.165) is 128 Å². The van der Waals surface area contributed by atoms with Gasteiger partial charge in [-0.25, -0.2) is 0 Å². The molecule has 67 heavy (non-hydrogen) atoms. The van der Waals surface area contributed by atoms with E-state index in [2.05, 4.69) is 135 Å². The number of unbranched alkanes of at least 4 members (excludes halogenated alkanes) is 10. The first kappa shape index (κ1) is 62.7. The van der Waals surface area contributed by atoms with Crippen LogP contribution in [0.25, 0.3) is 0 Å². The molecule has 0 aromatic rings. The summed E-state index contributed by atoms with van der Waals surface area (Å²) < 4.78 is 22.6. The van der Waals surface area contributed by atoms with Crippen molar-refractivity contribution in [3.63, 3.8) is 0 Å². The molecule has 0 amide bonds. The molecule has 0 radical (unpaired) electrons. The molecule has 0 heterocycles. The van der Waals surface area contributed by atoms with Gasteiger partial charge in [-0.3, -0.25) is 9.59 Å². The van der Waals surface area contributed by atoms with Crippen LogP contribution in [0.1, 0.15) is 168 Å². The minimum atomic E-state index is -1.64. The van der Waals surface area contributed by atoms with Crippen molar-refractivity contribution in [3.05, 3.63) is 122 Å². The molecule has 0 fully saturated rings. The lowest BCUT2D eigenvalue weighted by Crippen LogP contribution is -2.44. The summed E-state index contributed by atoms with van der Waals surface area (Å²) in [7, 11) is 5.89. The molecule has 9 heteroatoms. The van der Waals surface area contributed by atoms with E-state index in [9.17, 15) is 19.5 Å². The monoisotopic (exact) mass is 932 g/mol. The van der Waals surface area contributed by atoms with E-state index < -0.39 is 24.3 Å². The molecule has 0 spiro atoms. The number of nitrogens with zero attached hydrogens (tertiary/aromatic N) is 1. The minimum Gasteiger partial charge on any atom is -0.545 e. The number of quaternary nitrogens is 1. The summed E-state index contributed by atoms with van der Waals surface area (Å²) in [6, 6.07) is 0. The van der Waals surface area contributed by atoms with Crippen molar-refractivity contribution in [1.82, 2.24) is 0 Å².